The maximum Gasteiger partial charge on any atom is 0.329 e. The maximum absolute atomic E-state index is 12.4. The predicted octanol–water partition coefficient (Wildman–Crippen LogP) is 0.428. The van der Waals surface area contributed by atoms with E-state index in [2.05, 4.69) is 20.1 Å². The molecular weight excluding hydrogens is 444 g/mol. The Labute approximate surface area is 179 Å². The lowest BCUT2D eigenvalue weighted by Gasteiger charge is -2.15. The van der Waals surface area contributed by atoms with Crippen molar-refractivity contribution in [1.29, 1.82) is 0 Å². The molecule has 0 aliphatic carbocycles. The zero-order valence-corrected chi connectivity index (χ0v) is 18.6. The molecule has 2 amide bonds. The lowest BCUT2D eigenvalue weighted by atomic mass is 10.2. The van der Waals surface area contributed by atoms with E-state index in [1.54, 1.807) is 12.5 Å². The van der Waals surface area contributed by atoms with Crippen LogP contribution >= 0.6 is 34.9 Å². The third-order valence-corrected chi connectivity index (χ3v) is 6.02. The lowest BCUT2D eigenvalue weighted by Crippen LogP contribution is -2.43. The second kappa shape index (κ2) is 11.8. The van der Waals surface area contributed by atoms with Crippen molar-refractivity contribution >= 4 is 58.6 Å². The molecule has 29 heavy (non-hydrogen) atoms. The molecule has 0 bridgehead atoms. The number of hydrogen-bond donors (Lipinski definition) is 4. The Morgan fingerprint density at radius 1 is 0.862 bits per heavy atom. The van der Waals surface area contributed by atoms with Crippen LogP contribution in [-0.4, -0.2) is 84.3 Å². The third-order valence-electron chi connectivity index (χ3n) is 3.52. The summed E-state index contributed by atoms with van der Waals surface area (Å²) in [4.78, 5) is 47.6. The van der Waals surface area contributed by atoms with Gasteiger partial charge in [0.25, 0.3) is 11.8 Å². The molecule has 0 spiro atoms. The first-order chi connectivity index (χ1) is 13.7. The quantitative estimate of drug-likeness (QED) is 0.357. The molecule has 1 heterocycles. The molecule has 1 aromatic rings. The van der Waals surface area contributed by atoms with E-state index in [-0.39, 0.29) is 21.3 Å². The Morgan fingerprint density at radius 2 is 1.21 bits per heavy atom. The van der Waals surface area contributed by atoms with Crippen molar-refractivity contribution in [3.8, 4) is 11.5 Å². The van der Waals surface area contributed by atoms with Gasteiger partial charge < -0.3 is 30.3 Å². The molecule has 13 heteroatoms. The highest BCUT2D eigenvalue weighted by atomic mass is 32.2. The van der Waals surface area contributed by atoms with Crippen molar-refractivity contribution in [3.05, 3.63) is 9.75 Å². The van der Waals surface area contributed by atoms with Crippen LogP contribution in [0.2, 0.25) is 0 Å². The van der Waals surface area contributed by atoms with Gasteiger partial charge in [0.1, 0.15) is 21.8 Å². The van der Waals surface area contributed by atoms with Crippen LogP contribution < -0.4 is 10.6 Å². The van der Waals surface area contributed by atoms with Crippen molar-refractivity contribution < 1.29 is 38.9 Å². The van der Waals surface area contributed by atoms with Crippen LogP contribution in [0.5, 0.6) is 11.5 Å². The number of carbonyl (C=O) groups excluding carboxylic acids is 4. The molecule has 2 unspecified atom stereocenters. The summed E-state index contributed by atoms with van der Waals surface area (Å²) < 4.78 is 9.23. The SMILES string of the molecule is COC(=O)C(CSC)NC(=O)c1sc(C(=O)NC(CSC)C(=O)OC)c(O)c1O. The Kier molecular flexibility index (Phi) is 10.1. The van der Waals surface area contributed by atoms with E-state index < -0.39 is 47.3 Å². The largest absolute Gasteiger partial charge is 0.503 e. The zero-order chi connectivity index (χ0) is 22.1. The fourth-order valence-electron chi connectivity index (χ4n) is 2.12. The van der Waals surface area contributed by atoms with Crippen molar-refractivity contribution in [2.75, 3.05) is 38.2 Å². The Balaban J connectivity index is 3.06. The van der Waals surface area contributed by atoms with E-state index in [9.17, 15) is 29.4 Å². The van der Waals surface area contributed by atoms with Crippen LogP contribution in [0.1, 0.15) is 19.3 Å². The van der Waals surface area contributed by atoms with E-state index in [0.717, 1.165) is 0 Å². The van der Waals surface area contributed by atoms with Crippen LogP contribution in [-0.2, 0) is 19.1 Å². The highest BCUT2D eigenvalue weighted by molar-refractivity contribution is 7.98. The molecule has 0 saturated carbocycles. The van der Waals surface area contributed by atoms with Crippen LogP contribution in [0.15, 0.2) is 0 Å². The number of nitrogens with one attached hydrogen (secondary N) is 2. The van der Waals surface area contributed by atoms with Gasteiger partial charge in [-0.05, 0) is 12.5 Å². The second-order valence-corrected chi connectivity index (χ2v) is 8.31. The first-order valence-electron chi connectivity index (χ1n) is 8.01. The fraction of sp³-hybridized carbons (Fsp3) is 0.500. The number of amides is 2. The average Bonchev–Trinajstić information content (AvgIpc) is 3.00. The normalized spacial score (nSPS) is 12.6. The van der Waals surface area contributed by atoms with E-state index in [0.29, 0.717) is 11.3 Å². The van der Waals surface area contributed by atoms with Gasteiger partial charge in [-0.3, -0.25) is 9.59 Å². The topological polar surface area (TPSA) is 151 Å². The Morgan fingerprint density at radius 3 is 1.48 bits per heavy atom. The molecule has 1 aromatic heterocycles. The van der Waals surface area contributed by atoms with Crippen molar-refractivity contribution in [2.24, 2.45) is 0 Å². The van der Waals surface area contributed by atoms with Crippen molar-refractivity contribution in [2.45, 2.75) is 12.1 Å². The Bertz CT molecular complexity index is 707. The summed E-state index contributed by atoms with van der Waals surface area (Å²) in [6, 6.07) is -1.96. The minimum absolute atomic E-state index is 0.222. The van der Waals surface area contributed by atoms with Gasteiger partial charge in [0.2, 0.25) is 0 Å². The first kappa shape index (κ1) is 24.9. The molecule has 10 nitrogen and oxygen atoms in total. The highest BCUT2D eigenvalue weighted by Gasteiger charge is 2.31. The van der Waals surface area contributed by atoms with Gasteiger partial charge in [0.05, 0.1) is 14.2 Å². The van der Waals surface area contributed by atoms with E-state index in [4.69, 9.17) is 0 Å². The minimum Gasteiger partial charge on any atom is -0.503 e. The maximum atomic E-state index is 12.4. The summed E-state index contributed by atoms with van der Waals surface area (Å²) in [7, 11) is 2.34. The number of methoxy groups -OCH3 is 2. The summed E-state index contributed by atoms with van der Waals surface area (Å²) >= 11 is 3.10. The average molecular weight is 467 g/mol. The predicted molar refractivity (Wildman–Crippen MR) is 111 cm³/mol. The van der Waals surface area contributed by atoms with Crippen LogP contribution in [0, 0.1) is 0 Å². The molecule has 0 radical (unpaired) electrons. The molecule has 2 atom stereocenters. The molecule has 0 aromatic carbocycles. The van der Waals surface area contributed by atoms with E-state index in [1.807, 2.05) is 0 Å². The zero-order valence-electron chi connectivity index (χ0n) is 16.1. The van der Waals surface area contributed by atoms with Crippen LogP contribution in [0.3, 0.4) is 0 Å². The standard InChI is InChI=1S/C16H22N2O8S3/c1-25-15(23)7(5-27-3)17-13(21)11-9(19)10(20)12(29-11)14(22)18-8(6-28-4)16(24)26-2/h7-8,19-20H,5-6H2,1-4H3,(H,17,21)(H,18,22). The van der Waals surface area contributed by atoms with Crippen molar-refractivity contribution in [1.82, 2.24) is 10.6 Å². The number of rotatable bonds is 10. The number of thiophene rings is 1. The lowest BCUT2D eigenvalue weighted by molar-refractivity contribution is -0.143. The van der Waals surface area contributed by atoms with Gasteiger partial charge in [-0.2, -0.15) is 23.5 Å². The van der Waals surface area contributed by atoms with Gasteiger partial charge >= 0.3 is 11.9 Å². The van der Waals surface area contributed by atoms with Gasteiger partial charge in [-0.1, -0.05) is 0 Å². The highest BCUT2D eigenvalue weighted by Crippen LogP contribution is 2.40. The van der Waals surface area contributed by atoms with Gasteiger partial charge in [0.15, 0.2) is 11.5 Å². The number of esters is 2. The van der Waals surface area contributed by atoms with E-state index >= 15 is 0 Å². The number of ether oxygens (including phenoxy) is 2. The Hall–Kier alpha value is -2.12. The summed E-state index contributed by atoms with van der Waals surface area (Å²) in [6.45, 7) is 0. The second-order valence-electron chi connectivity index (χ2n) is 5.47. The van der Waals surface area contributed by atoms with Crippen LogP contribution in [0.4, 0.5) is 0 Å². The monoisotopic (exact) mass is 466 g/mol. The smallest absolute Gasteiger partial charge is 0.329 e. The molecule has 162 valence electrons. The van der Waals surface area contributed by atoms with Gasteiger partial charge in [-0.15, -0.1) is 11.3 Å². The molecule has 0 aliphatic heterocycles. The summed E-state index contributed by atoms with van der Waals surface area (Å²) in [5, 5.41) is 24.9. The fourth-order valence-corrected chi connectivity index (χ4v) is 4.12. The van der Waals surface area contributed by atoms with Crippen molar-refractivity contribution in [3.63, 3.8) is 0 Å². The van der Waals surface area contributed by atoms with Gasteiger partial charge in [-0.25, -0.2) is 9.59 Å². The number of carbonyl (C=O) groups is 4. The summed E-state index contributed by atoms with van der Waals surface area (Å²) in [5.74, 6) is -4.24. The van der Waals surface area contributed by atoms with Crippen LogP contribution in [0.25, 0.3) is 0 Å². The molecule has 0 fully saturated rings. The minimum atomic E-state index is -0.978. The molecule has 4 N–H and O–H groups in total. The molecule has 0 aliphatic rings. The first-order valence-corrected chi connectivity index (χ1v) is 11.6. The molecular formula is C16H22N2O8S3. The molecule has 0 saturated heterocycles. The summed E-state index contributed by atoms with van der Waals surface area (Å²) in [5.41, 5.74) is 0. The summed E-state index contributed by atoms with van der Waals surface area (Å²) in [6.07, 6.45) is 3.45. The number of hydrogen-bond acceptors (Lipinski definition) is 11. The molecule has 1 rings (SSSR count). The number of aromatic hydroxyl groups is 2. The number of thioether (sulfide) groups is 2. The van der Waals surface area contributed by atoms with Gasteiger partial charge in [0, 0.05) is 11.5 Å². The third kappa shape index (κ3) is 6.44. The van der Waals surface area contributed by atoms with E-state index in [1.165, 1.54) is 37.7 Å².